The molecule has 0 fully saturated rings. The van der Waals surface area contributed by atoms with Gasteiger partial charge in [0.15, 0.2) is 0 Å². The highest BCUT2D eigenvalue weighted by molar-refractivity contribution is 7.98. The quantitative estimate of drug-likeness (QED) is 0.186. The number of carboxylic acid groups (broad SMARTS) is 2. The van der Waals surface area contributed by atoms with Gasteiger partial charge in [-0.2, -0.15) is 11.8 Å². The predicted octanol–water partition coefficient (Wildman–Crippen LogP) is -0.217. The van der Waals surface area contributed by atoms with Crippen LogP contribution in [-0.4, -0.2) is 76.0 Å². The Kier molecular flexibility index (Phi) is 13.6. The van der Waals surface area contributed by atoms with Gasteiger partial charge in [-0.1, -0.05) is 27.7 Å². The van der Waals surface area contributed by atoms with E-state index in [9.17, 15) is 29.1 Å². The third kappa shape index (κ3) is 11.3. The molecule has 11 nitrogen and oxygen atoms in total. The molecule has 4 atom stereocenters. The van der Waals surface area contributed by atoms with Gasteiger partial charge in [0.2, 0.25) is 17.7 Å². The molecular weight excluding hydrogens is 440 g/mol. The minimum absolute atomic E-state index is 0.00226. The van der Waals surface area contributed by atoms with E-state index in [0.29, 0.717) is 5.75 Å². The SMILES string of the molecule is CSCCC(NC(=O)C(CC(C)C)NC(=O)C(N)CC(=O)O)C(=O)NC(C(=O)O)C(C)C. The van der Waals surface area contributed by atoms with Crippen molar-refractivity contribution in [2.24, 2.45) is 17.6 Å². The van der Waals surface area contributed by atoms with E-state index in [1.807, 2.05) is 20.1 Å². The van der Waals surface area contributed by atoms with E-state index >= 15 is 0 Å². The number of hydrogen-bond acceptors (Lipinski definition) is 7. The predicted molar refractivity (Wildman–Crippen MR) is 121 cm³/mol. The Bertz CT molecular complexity index is 672. The van der Waals surface area contributed by atoms with Gasteiger partial charge in [0.1, 0.15) is 18.1 Å². The molecule has 0 heterocycles. The molecule has 0 aliphatic rings. The Hall–Kier alpha value is -2.34. The zero-order chi connectivity index (χ0) is 25.0. The largest absolute Gasteiger partial charge is 0.481 e. The molecule has 0 aromatic rings. The number of rotatable bonds is 15. The lowest BCUT2D eigenvalue weighted by Crippen LogP contribution is -2.58. The maximum absolute atomic E-state index is 12.9. The molecule has 0 aliphatic heterocycles. The standard InChI is InChI=1S/C20H36N4O7S/c1-10(2)8-14(23-17(27)12(21)9-15(25)26)19(29)22-13(6-7-32-5)18(28)24-16(11(3)4)20(30)31/h10-14,16H,6-9,21H2,1-5H3,(H,22,29)(H,23,27)(H,24,28)(H,25,26)(H,30,31). The Morgan fingerprint density at radius 3 is 1.84 bits per heavy atom. The molecule has 0 saturated carbocycles. The molecule has 4 unspecified atom stereocenters. The number of nitrogens with one attached hydrogen (secondary N) is 3. The fourth-order valence-corrected chi connectivity index (χ4v) is 3.28. The van der Waals surface area contributed by atoms with Gasteiger partial charge < -0.3 is 31.9 Å². The summed E-state index contributed by atoms with van der Waals surface area (Å²) in [6, 6.07) is -4.48. The minimum Gasteiger partial charge on any atom is -0.481 e. The topological polar surface area (TPSA) is 188 Å². The average Bonchev–Trinajstić information content (AvgIpc) is 2.66. The first kappa shape index (κ1) is 29.7. The van der Waals surface area contributed by atoms with Crippen LogP contribution in [0.3, 0.4) is 0 Å². The summed E-state index contributed by atoms with van der Waals surface area (Å²) < 4.78 is 0. The van der Waals surface area contributed by atoms with Gasteiger partial charge in [0.25, 0.3) is 0 Å². The molecule has 0 aromatic carbocycles. The van der Waals surface area contributed by atoms with Crippen molar-refractivity contribution in [2.45, 2.75) is 71.1 Å². The van der Waals surface area contributed by atoms with Crippen molar-refractivity contribution in [3.8, 4) is 0 Å². The van der Waals surface area contributed by atoms with Crippen LogP contribution >= 0.6 is 11.8 Å². The first-order valence-corrected chi connectivity index (χ1v) is 11.8. The number of hydrogen-bond donors (Lipinski definition) is 6. The van der Waals surface area contributed by atoms with Crippen LogP contribution in [-0.2, 0) is 24.0 Å². The maximum atomic E-state index is 12.9. The number of nitrogens with two attached hydrogens (primary N) is 1. The first-order valence-electron chi connectivity index (χ1n) is 10.4. The average molecular weight is 477 g/mol. The Morgan fingerprint density at radius 2 is 1.41 bits per heavy atom. The molecule has 0 aromatic heterocycles. The van der Waals surface area contributed by atoms with Crippen LogP contribution in [0.15, 0.2) is 0 Å². The van der Waals surface area contributed by atoms with Crippen molar-refractivity contribution in [1.82, 2.24) is 16.0 Å². The first-order chi connectivity index (χ1) is 14.8. The van der Waals surface area contributed by atoms with Crippen molar-refractivity contribution in [3.63, 3.8) is 0 Å². The summed E-state index contributed by atoms with van der Waals surface area (Å²) in [6.45, 7) is 6.98. The van der Waals surface area contributed by atoms with E-state index in [0.717, 1.165) is 0 Å². The zero-order valence-corrected chi connectivity index (χ0v) is 20.0. The second-order valence-electron chi connectivity index (χ2n) is 8.31. The number of amides is 3. The second kappa shape index (κ2) is 14.7. The van der Waals surface area contributed by atoms with E-state index in [2.05, 4.69) is 16.0 Å². The molecule has 0 bridgehead atoms. The number of aliphatic carboxylic acids is 2. The van der Waals surface area contributed by atoms with Crippen molar-refractivity contribution in [1.29, 1.82) is 0 Å². The minimum atomic E-state index is -1.33. The van der Waals surface area contributed by atoms with Crippen molar-refractivity contribution in [2.75, 3.05) is 12.0 Å². The molecule has 0 spiro atoms. The monoisotopic (exact) mass is 476 g/mol. The molecule has 3 amide bonds. The fourth-order valence-electron chi connectivity index (χ4n) is 2.81. The molecule has 0 rings (SSSR count). The Balaban J connectivity index is 5.46. The molecule has 32 heavy (non-hydrogen) atoms. The summed E-state index contributed by atoms with van der Waals surface area (Å²) in [5.74, 6) is -4.32. The van der Waals surface area contributed by atoms with Crippen LogP contribution < -0.4 is 21.7 Å². The summed E-state index contributed by atoms with van der Waals surface area (Å²) in [6.07, 6.45) is 1.73. The summed E-state index contributed by atoms with van der Waals surface area (Å²) in [4.78, 5) is 60.1. The number of carbonyl (C=O) groups is 5. The molecule has 184 valence electrons. The third-order valence-corrected chi connectivity index (χ3v) is 5.19. The van der Waals surface area contributed by atoms with Crippen LogP contribution in [0, 0.1) is 11.8 Å². The van der Waals surface area contributed by atoms with Gasteiger partial charge in [0.05, 0.1) is 12.5 Å². The van der Waals surface area contributed by atoms with Gasteiger partial charge in [-0.25, -0.2) is 4.79 Å². The van der Waals surface area contributed by atoms with Crippen molar-refractivity contribution >= 4 is 41.4 Å². The highest BCUT2D eigenvalue weighted by atomic mass is 32.2. The zero-order valence-electron chi connectivity index (χ0n) is 19.2. The van der Waals surface area contributed by atoms with Crippen LogP contribution in [0.1, 0.15) is 47.0 Å². The highest BCUT2D eigenvalue weighted by Crippen LogP contribution is 2.09. The van der Waals surface area contributed by atoms with E-state index < -0.39 is 60.2 Å². The van der Waals surface area contributed by atoms with Gasteiger partial charge in [-0.3, -0.25) is 19.2 Å². The van der Waals surface area contributed by atoms with Crippen LogP contribution in [0.4, 0.5) is 0 Å². The number of carboxylic acids is 2. The normalized spacial score (nSPS) is 14.9. The smallest absolute Gasteiger partial charge is 0.326 e. The summed E-state index contributed by atoms with van der Waals surface area (Å²) in [7, 11) is 0. The van der Waals surface area contributed by atoms with Gasteiger partial charge in [0, 0.05) is 0 Å². The third-order valence-electron chi connectivity index (χ3n) is 4.55. The number of carbonyl (C=O) groups excluding carboxylic acids is 3. The van der Waals surface area contributed by atoms with Crippen LogP contribution in [0.5, 0.6) is 0 Å². The van der Waals surface area contributed by atoms with Crippen molar-refractivity contribution in [3.05, 3.63) is 0 Å². The lowest BCUT2D eigenvalue weighted by molar-refractivity contribution is -0.143. The fraction of sp³-hybridized carbons (Fsp3) is 0.750. The summed E-state index contributed by atoms with van der Waals surface area (Å²) in [5, 5.41) is 25.6. The Labute approximate surface area is 192 Å². The van der Waals surface area contributed by atoms with E-state index in [1.54, 1.807) is 13.8 Å². The summed E-state index contributed by atoms with van der Waals surface area (Å²) >= 11 is 1.46. The van der Waals surface area contributed by atoms with Gasteiger partial charge in [-0.15, -0.1) is 0 Å². The number of thioether (sulfide) groups is 1. The lowest BCUT2D eigenvalue weighted by Gasteiger charge is -2.26. The molecule has 12 heteroatoms. The van der Waals surface area contributed by atoms with E-state index in [4.69, 9.17) is 10.8 Å². The van der Waals surface area contributed by atoms with Gasteiger partial charge >= 0.3 is 11.9 Å². The molecule has 0 saturated heterocycles. The second-order valence-corrected chi connectivity index (χ2v) is 9.29. The maximum Gasteiger partial charge on any atom is 0.326 e. The van der Waals surface area contributed by atoms with E-state index in [-0.39, 0.29) is 24.7 Å². The molecule has 7 N–H and O–H groups in total. The summed E-state index contributed by atoms with van der Waals surface area (Å²) in [5.41, 5.74) is 5.58. The van der Waals surface area contributed by atoms with Crippen molar-refractivity contribution < 1.29 is 34.2 Å². The molecule has 0 aliphatic carbocycles. The van der Waals surface area contributed by atoms with Crippen LogP contribution in [0.25, 0.3) is 0 Å². The lowest BCUT2D eigenvalue weighted by atomic mass is 10.0. The van der Waals surface area contributed by atoms with Gasteiger partial charge in [-0.05, 0) is 36.7 Å². The highest BCUT2D eigenvalue weighted by Gasteiger charge is 2.31. The van der Waals surface area contributed by atoms with Crippen LogP contribution in [0.2, 0.25) is 0 Å². The van der Waals surface area contributed by atoms with E-state index in [1.165, 1.54) is 11.8 Å². The molecule has 0 radical (unpaired) electrons. The molecular formula is C20H36N4O7S. The Morgan fingerprint density at radius 1 is 0.875 bits per heavy atom.